The van der Waals surface area contributed by atoms with Gasteiger partial charge in [-0.15, -0.1) is 0 Å². The number of hydrogen-bond donors (Lipinski definition) is 0. The van der Waals surface area contributed by atoms with Crippen molar-refractivity contribution < 1.29 is 9.00 Å². The highest BCUT2D eigenvalue weighted by Gasteiger charge is 2.24. The van der Waals surface area contributed by atoms with E-state index in [1.807, 2.05) is 24.3 Å². The molecule has 0 saturated heterocycles. The van der Waals surface area contributed by atoms with Crippen molar-refractivity contribution in [2.75, 3.05) is 5.75 Å². The molecule has 4 heteroatoms. The Hall–Kier alpha value is -0.480. The van der Waals surface area contributed by atoms with Gasteiger partial charge in [0.2, 0.25) is 0 Å². The van der Waals surface area contributed by atoms with Gasteiger partial charge < -0.3 is 0 Å². The van der Waals surface area contributed by atoms with E-state index in [4.69, 9.17) is 0 Å². The van der Waals surface area contributed by atoms with E-state index >= 15 is 0 Å². The first-order chi connectivity index (χ1) is 8.18. The van der Waals surface area contributed by atoms with E-state index in [9.17, 15) is 9.00 Å². The molecule has 0 heterocycles. The maximum absolute atomic E-state index is 12.1. The Morgan fingerprint density at radius 3 is 2.76 bits per heavy atom. The molecule has 1 saturated carbocycles. The molecule has 0 radical (unpaired) electrons. The van der Waals surface area contributed by atoms with Crippen LogP contribution in [0.15, 0.2) is 33.6 Å². The lowest BCUT2D eigenvalue weighted by Crippen LogP contribution is -2.11. The Morgan fingerprint density at radius 1 is 1.35 bits per heavy atom. The zero-order valence-corrected chi connectivity index (χ0v) is 11.9. The summed E-state index contributed by atoms with van der Waals surface area (Å²) in [6, 6.07) is 7.56. The van der Waals surface area contributed by atoms with Crippen LogP contribution in [0.3, 0.4) is 0 Å². The summed E-state index contributed by atoms with van der Waals surface area (Å²) < 4.78 is 13.0. The summed E-state index contributed by atoms with van der Waals surface area (Å²) in [6.45, 7) is 0. The third-order valence-corrected chi connectivity index (χ3v) is 5.57. The highest BCUT2D eigenvalue weighted by Crippen LogP contribution is 2.26. The Labute approximate surface area is 112 Å². The average Bonchev–Trinajstić information content (AvgIpc) is 2.72. The summed E-state index contributed by atoms with van der Waals surface area (Å²) in [4.78, 5) is 12.3. The van der Waals surface area contributed by atoms with Gasteiger partial charge in [0.1, 0.15) is 5.78 Å². The molecule has 92 valence electrons. The summed E-state index contributed by atoms with van der Waals surface area (Å²) >= 11 is 3.40. The first-order valence-electron chi connectivity index (χ1n) is 5.84. The number of benzene rings is 1. The molecule has 0 aliphatic heterocycles. The van der Waals surface area contributed by atoms with Crippen molar-refractivity contribution in [3.05, 3.63) is 28.7 Å². The third kappa shape index (κ3) is 3.26. The Bertz CT molecular complexity index is 445. The molecule has 2 rings (SSSR count). The molecule has 2 atom stereocenters. The SMILES string of the molecule is O=C1CCCC1CCS(=O)c1ccccc1Br. The molecule has 1 aromatic carbocycles. The maximum Gasteiger partial charge on any atom is 0.136 e. The number of halogens is 1. The fourth-order valence-electron chi connectivity index (χ4n) is 2.18. The quantitative estimate of drug-likeness (QED) is 0.854. The smallest absolute Gasteiger partial charge is 0.136 e. The van der Waals surface area contributed by atoms with E-state index in [0.717, 1.165) is 28.6 Å². The third-order valence-electron chi connectivity index (χ3n) is 3.16. The molecule has 2 unspecified atom stereocenters. The molecule has 0 amide bonds. The summed E-state index contributed by atoms with van der Waals surface area (Å²) in [5.74, 6) is 1.09. The summed E-state index contributed by atoms with van der Waals surface area (Å²) in [7, 11) is -1.01. The van der Waals surface area contributed by atoms with E-state index in [-0.39, 0.29) is 5.92 Å². The van der Waals surface area contributed by atoms with Gasteiger partial charge in [-0.25, -0.2) is 0 Å². The van der Waals surface area contributed by atoms with Gasteiger partial charge in [-0.3, -0.25) is 9.00 Å². The number of ketones is 1. The summed E-state index contributed by atoms with van der Waals surface area (Å²) in [6.07, 6.45) is 3.45. The maximum atomic E-state index is 12.1. The van der Waals surface area contributed by atoms with Crippen LogP contribution in [0.2, 0.25) is 0 Å². The van der Waals surface area contributed by atoms with E-state index in [2.05, 4.69) is 15.9 Å². The number of hydrogen-bond acceptors (Lipinski definition) is 2. The number of carbonyl (C=O) groups excluding carboxylic acids is 1. The van der Waals surface area contributed by atoms with E-state index in [0.29, 0.717) is 18.0 Å². The van der Waals surface area contributed by atoms with Crippen molar-refractivity contribution in [3.63, 3.8) is 0 Å². The molecule has 1 fully saturated rings. The highest BCUT2D eigenvalue weighted by molar-refractivity contribution is 9.10. The molecule has 1 aromatic rings. The largest absolute Gasteiger partial charge is 0.299 e. The van der Waals surface area contributed by atoms with Crippen molar-refractivity contribution in [1.29, 1.82) is 0 Å². The fraction of sp³-hybridized carbons (Fsp3) is 0.462. The molecule has 1 aliphatic rings. The minimum Gasteiger partial charge on any atom is -0.299 e. The van der Waals surface area contributed by atoms with Gasteiger partial charge in [-0.1, -0.05) is 12.1 Å². The van der Waals surface area contributed by atoms with Crippen LogP contribution in [0.1, 0.15) is 25.7 Å². The Balaban J connectivity index is 1.94. The average molecular weight is 315 g/mol. The molecular weight excluding hydrogens is 300 g/mol. The van der Waals surface area contributed by atoms with E-state index in [1.54, 1.807) is 0 Å². The van der Waals surface area contributed by atoms with Crippen LogP contribution in [-0.4, -0.2) is 15.7 Å². The van der Waals surface area contributed by atoms with E-state index < -0.39 is 10.8 Å². The molecular formula is C13H15BrO2S. The topological polar surface area (TPSA) is 34.1 Å². The number of rotatable bonds is 4. The monoisotopic (exact) mass is 314 g/mol. The first-order valence-corrected chi connectivity index (χ1v) is 7.95. The molecule has 0 N–H and O–H groups in total. The zero-order valence-electron chi connectivity index (χ0n) is 9.52. The van der Waals surface area contributed by atoms with Crippen LogP contribution in [0.5, 0.6) is 0 Å². The van der Waals surface area contributed by atoms with Crippen LogP contribution in [0.4, 0.5) is 0 Å². The van der Waals surface area contributed by atoms with Crippen molar-refractivity contribution in [1.82, 2.24) is 0 Å². The van der Waals surface area contributed by atoms with Gasteiger partial charge in [0.15, 0.2) is 0 Å². The second-order valence-corrected chi connectivity index (χ2v) is 6.72. The van der Waals surface area contributed by atoms with Crippen LogP contribution in [0.25, 0.3) is 0 Å². The van der Waals surface area contributed by atoms with Gasteiger partial charge >= 0.3 is 0 Å². The molecule has 1 aliphatic carbocycles. The van der Waals surface area contributed by atoms with Gasteiger partial charge in [-0.05, 0) is 47.3 Å². The minimum absolute atomic E-state index is 0.154. The van der Waals surface area contributed by atoms with Crippen LogP contribution in [0, 0.1) is 5.92 Å². The second-order valence-electron chi connectivity index (χ2n) is 4.32. The van der Waals surface area contributed by atoms with Crippen molar-refractivity contribution in [2.45, 2.75) is 30.6 Å². The van der Waals surface area contributed by atoms with Crippen molar-refractivity contribution in [2.24, 2.45) is 5.92 Å². The van der Waals surface area contributed by atoms with Gasteiger partial charge in [0.25, 0.3) is 0 Å². The molecule has 17 heavy (non-hydrogen) atoms. The number of Topliss-reactive ketones (excluding diaryl/α,β-unsaturated/α-hetero) is 1. The van der Waals surface area contributed by atoms with Gasteiger partial charge in [0.05, 0.1) is 15.7 Å². The Morgan fingerprint density at radius 2 is 2.12 bits per heavy atom. The van der Waals surface area contributed by atoms with Gasteiger partial charge in [0, 0.05) is 22.6 Å². The van der Waals surface area contributed by atoms with Crippen LogP contribution < -0.4 is 0 Å². The second kappa shape index (κ2) is 5.91. The fourth-order valence-corrected chi connectivity index (χ4v) is 4.24. The van der Waals surface area contributed by atoms with Gasteiger partial charge in [-0.2, -0.15) is 0 Å². The lowest BCUT2D eigenvalue weighted by Gasteiger charge is -2.08. The molecule has 2 nitrogen and oxygen atoms in total. The lowest BCUT2D eigenvalue weighted by molar-refractivity contribution is -0.120. The molecule has 0 aromatic heterocycles. The molecule has 0 bridgehead atoms. The predicted octanol–water partition coefficient (Wildman–Crippen LogP) is 3.32. The standard InChI is InChI=1S/C13H15BrO2S/c14-11-5-1-2-7-13(11)17(16)9-8-10-4-3-6-12(10)15/h1-2,5,7,10H,3-4,6,8-9H2. The highest BCUT2D eigenvalue weighted by atomic mass is 79.9. The summed E-state index contributed by atoms with van der Waals surface area (Å²) in [5, 5.41) is 0. The van der Waals surface area contributed by atoms with Crippen molar-refractivity contribution >= 4 is 32.5 Å². The first kappa shape index (κ1) is 13.0. The normalized spacial score (nSPS) is 21.7. The summed E-state index contributed by atoms with van der Waals surface area (Å²) in [5.41, 5.74) is 0. The Kier molecular flexibility index (Phi) is 4.51. The van der Waals surface area contributed by atoms with Crippen molar-refractivity contribution in [3.8, 4) is 0 Å². The van der Waals surface area contributed by atoms with E-state index in [1.165, 1.54) is 0 Å². The number of carbonyl (C=O) groups is 1. The lowest BCUT2D eigenvalue weighted by atomic mass is 10.1. The predicted molar refractivity (Wildman–Crippen MR) is 72.4 cm³/mol. The minimum atomic E-state index is -1.01. The zero-order chi connectivity index (χ0) is 12.3. The van der Waals surface area contributed by atoms with Crippen LogP contribution >= 0.6 is 15.9 Å². The van der Waals surface area contributed by atoms with Crippen LogP contribution in [-0.2, 0) is 15.6 Å². The molecule has 0 spiro atoms.